The highest BCUT2D eigenvalue weighted by molar-refractivity contribution is 5.87. The zero-order valence-electron chi connectivity index (χ0n) is 10.1. The van der Waals surface area contributed by atoms with E-state index in [0.717, 1.165) is 36.7 Å². The van der Waals surface area contributed by atoms with Crippen molar-refractivity contribution in [3.05, 3.63) is 42.5 Å². The van der Waals surface area contributed by atoms with Gasteiger partial charge in [-0.3, -0.25) is 4.99 Å². The minimum atomic E-state index is -0.0246. The first-order chi connectivity index (χ1) is 8.31. The number of nitrogens with zero attached hydrogens (tertiary/aromatic N) is 1. The Bertz CT molecular complexity index is 426. The largest absolute Gasteiger partial charge is 0.483 e. The fraction of sp³-hybridized carbons (Fsp3) is 0.357. The van der Waals surface area contributed by atoms with Crippen molar-refractivity contribution in [2.75, 3.05) is 13.1 Å². The molecule has 0 unspecified atom stereocenters. The molecular formula is C14H18N2O. The summed E-state index contributed by atoms with van der Waals surface area (Å²) in [5, 5.41) is 3.23. The van der Waals surface area contributed by atoms with Gasteiger partial charge in [0.2, 0.25) is 0 Å². The Labute approximate surface area is 102 Å². The highest BCUT2D eigenvalue weighted by Gasteiger charge is 2.16. The molecule has 3 heteroatoms. The van der Waals surface area contributed by atoms with E-state index in [1.165, 1.54) is 0 Å². The molecule has 0 saturated heterocycles. The molecule has 0 saturated carbocycles. The van der Waals surface area contributed by atoms with E-state index in [1.54, 1.807) is 0 Å². The fourth-order valence-corrected chi connectivity index (χ4v) is 1.88. The third-order valence-corrected chi connectivity index (χ3v) is 2.73. The number of amidine groups is 1. The first-order valence-corrected chi connectivity index (χ1v) is 5.95. The Morgan fingerprint density at radius 1 is 1.53 bits per heavy atom. The maximum absolute atomic E-state index is 5.94. The molecule has 1 N–H and O–H groups in total. The number of rotatable bonds is 5. The van der Waals surface area contributed by atoms with Crippen LogP contribution in [-0.2, 0) is 6.42 Å². The molecule has 90 valence electrons. The van der Waals surface area contributed by atoms with Crippen LogP contribution < -0.4 is 10.1 Å². The SMILES string of the molecule is C=CCc1ccccc1O[C@@H](C)C1=NCCN1. The van der Waals surface area contributed by atoms with Gasteiger partial charge in [0.15, 0.2) is 6.10 Å². The number of allylic oxidation sites excluding steroid dienone is 1. The third-order valence-electron chi connectivity index (χ3n) is 2.73. The first kappa shape index (κ1) is 11.7. The van der Waals surface area contributed by atoms with Crippen LogP contribution in [0.4, 0.5) is 0 Å². The fourth-order valence-electron chi connectivity index (χ4n) is 1.88. The normalized spacial score (nSPS) is 15.9. The second-order valence-corrected chi connectivity index (χ2v) is 4.05. The Balaban J connectivity index is 2.09. The molecular weight excluding hydrogens is 212 g/mol. The van der Waals surface area contributed by atoms with Crippen molar-refractivity contribution < 1.29 is 4.74 Å². The number of para-hydroxylation sites is 1. The average molecular weight is 230 g/mol. The van der Waals surface area contributed by atoms with Gasteiger partial charge in [0.05, 0.1) is 6.54 Å². The number of nitrogens with one attached hydrogen (secondary N) is 1. The van der Waals surface area contributed by atoms with E-state index in [0.29, 0.717) is 0 Å². The van der Waals surface area contributed by atoms with Crippen LogP contribution in [-0.4, -0.2) is 25.0 Å². The summed E-state index contributed by atoms with van der Waals surface area (Å²) in [6.45, 7) is 7.54. The van der Waals surface area contributed by atoms with Gasteiger partial charge in [-0.15, -0.1) is 6.58 Å². The van der Waals surface area contributed by atoms with E-state index >= 15 is 0 Å². The van der Waals surface area contributed by atoms with Gasteiger partial charge >= 0.3 is 0 Å². The van der Waals surface area contributed by atoms with Gasteiger partial charge in [-0.1, -0.05) is 24.3 Å². The molecule has 1 aliphatic heterocycles. The van der Waals surface area contributed by atoms with E-state index in [-0.39, 0.29) is 6.10 Å². The van der Waals surface area contributed by atoms with Crippen LogP contribution in [0.1, 0.15) is 12.5 Å². The monoisotopic (exact) mass is 230 g/mol. The van der Waals surface area contributed by atoms with Gasteiger partial charge in [0.25, 0.3) is 0 Å². The van der Waals surface area contributed by atoms with Gasteiger partial charge in [0.1, 0.15) is 11.6 Å². The summed E-state index contributed by atoms with van der Waals surface area (Å²) in [4.78, 5) is 4.37. The minimum absolute atomic E-state index is 0.0246. The molecule has 0 aromatic heterocycles. The molecule has 2 rings (SSSR count). The third kappa shape index (κ3) is 2.87. The van der Waals surface area contributed by atoms with Crippen LogP contribution in [0, 0.1) is 0 Å². The second-order valence-electron chi connectivity index (χ2n) is 4.05. The maximum atomic E-state index is 5.94. The van der Waals surface area contributed by atoms with Crippen molar-refractivity contribution >= 4 is 5.84 Å². The summed E-state index contributed by atoms with van der Waals surface area (Å²) >= 11 is 0. The van der Waals surface area contributed by atoms with E-state index < -0.39 is 0 Å². The molecule has 1 aromatic rings. The summed E-state index contributed by atoms with van der Waals surface area (Å²) in [5.74, 6) is 1.86. The smallest absolute Gasteiger partial charge is 0.152 e. The van der Waals surface area contributed by atoms with Crippen molar-refractivity contribution in [3.63, 3.8) is 0 Å². The molecule has 1 atom stereocenters. The highest BCUT2D eigenvalue weighted by Crippen LogP contribution is 2.20. The number of ether oxygens (including phenoxy) is 1. The van der Waals surface area contributed by atoms with E-state index in [2.05, 4.69) is 23.0 Å². The molecule has 1 heterocycles. The Kier molecular flexibility index (Phi) is 3.81. The molecule has 17 heavy (non-hydrogen) atoms. The number of aliphatic imine (C=N–C) groups is 1. The number of hydrogen-bond acceptors (Lipinski definition) is 3. The van der Waals surface area contributed by atoms with Crippen LogP contribution in [0.3, 0.4) is 0 Å². The summed E-state index contributed by atoms with van der Waals surface area (Å²) < 4.78 is 5.94. The Hall–Kier alpha value is -1.77. The Morgan fingerprint density at radius 2 is 2.35 bits per heavy atom. The standard InChI is InChI=1S/C14H18N2O/c1-3-6-12-7-4-5-8-13(12)17-11(2)14-15-9-10-16-14/h3-5,7-8,11H,1,6,9-10H2,2H3,(H,15,16)/t11-/m0/s1. The molecule has 3 nitrogen and oxygen atoms in total. The zero-order chi connectivity index (χ0) is 12.1. The lowest BCUT2D eigenvalue weighted by atomic mass is 10.1. The lowest BCUT2D eigenvalue weighted by Gasteiger charge is -2.17. The molecule has 1 aromatic carbocycles. The Morgan fingerprint density at radius 3 is 3.06 bits per heavy atom. The van der Waals surface area contributed by atoms with Crippen molar-refractivity contribution in [1.29, 1.82) is 0 Å². The average Bonchev–Trinajstić information content (AvgIpc) is 2.85. The van der Waals surface area contributed by atoms with Crippen LogP contribution in [0.5, 0.6) is 5.75 Å². The van der Waals surface area contributed by atoms with E-state index in [4.69, 9.17) is 4.74 Å². The molecule has 0 aliphatic carbocycles. The summed E-state index contributed by atoms with van der Waals surface area (Å²) in [6.07, 6.45) is 2.68. The summed E-state index contributed by atoms with van der Waals surface area (Å²) in [6, 6.07) is 8.05. The summed E-state index contributed by atoms with van der Waals surface area (Å²) in [7, 11) is 0. The summed E-state index contributed by atoms with van der Waals surface area (Å²) in [5.41, 5.74) is 1.16. The predicted octanol–water partition coefficient (Wildman–Crippen LogP) is 2.18. The van der Waals surface area contributed by atoms with Gasteiger partial charge in [-0.2, -0.15) is 0 Å². The van der Waals surface area contributed by atoms with Crippen LogP contribution >= 0.6 is 0 Å². The van der Waals surface area contributed by atoms with Gasteiger partial charge in [0, 0.05) is 6.54 Å². The van der Waals surface area contributed by atoms with Crippen LogP contribution in [0.25, 0.3) is 0 Å². The van der Waals surface area contributed by atoms with Crippen molar-refractivity contribution in [3.8, 4) is 5.75 Å². The molecule has 0 amide bonds. The van der Waals surface area contributed by atoms with E-state index in [1.807, 2.05) is 31.2 Å². The second kappa shape index (κ2) is 5.53. The lowest BCUT2D eigenvalue weighted by molar-refractivity contribution is 0.281. The molecule has 0 fully saturated rings. The predicted molar refractivity (Wildman–Crippen MR) is 70.7 cm³/mol. The molecule has 0 radical (unpaired) electrons. The molecule has 0 bridgehead atoms. The highest BCUT2D eigenvalue weighted by atomic mass is 16.5. The topological polar surface area (TPSA) is 33.6 Å². The molecule has 0 spiro atoms. The van der Waals surface area contributed by atoms with Gasteiger partial charge < -0.3 is 10.1 Å². The number of benzene rings is 1. The van der Waals surface area contributed by atoms with Crippen LogP contribution in [0.2, 0.25) is 0 Å². The zero-order valence-corrected chi connectivity index (χ0v) is 10.1. The van der Waals surface area contributed by atoms with Crippen LogP contribution in [0.15, 0.2) is 41.9 Å². The first-order valence-electron chi connectivity index (χ1n) is 5.95. The van der Waals surface area contributed by atoms with Crippen molar-refractivity contribution in [2.24, 2.45) is 4.99 Å². The number of hydrogen-bond donors (Lipinski definition) is 1. The minimum Gasteiger partial charge on any atom is -0.483 e. The lowest BCUT2D eigenvalue weighted by Crippen LogP contribution is -2.33. The van der Waals surface area contributed by atoms with Gasteiger partial charge in [-0.25, -0.2) is 0 Å². The quantitative estimate of drug-likeness (QED) is 0.787. The van der Waals surface area contributed by atoms with Crippen molar-refractivity contribution in [1.82, 2.24) is 5.32 Å². The maximum Gasteiger partial charge on any atom is 0.152 e. The molecule has 1 aliphatic rings. The van der Waals surface area contributed by atoms with Crippen molar-refractivity contribution in [2.45, 2.75) is 19.4 Å². The van der Waals surface area contributed by atoms with Gasteiger partial charge in [-0.05, 0) is 25.0 Å². The van der Waals surface area contributed by atoms with E-state index in [9.17, 15) is 0 Å².